The predicted octanol–water partition coefficient (Wildman–Crippen LogP) is -1.09. The Morgan fingerprint density at radius 1 is 1.43 bits per heavy atom. The summed E-state index contributed by atoms with van der Waals surface area (Å²) in [7, 11) is 0. The van der Waals surface area contributed by atoms with E-state index in [1.165, 1.54) is 0 Å². The van der Waals surface area contributed by atoms with Crippen molar-refractivity contribution in [2.75, 3.05) is 13.2 Å². The third kappa shape index (κ3) is 7.26. The lowest BCUT2D eigenvalue weighted by Crippen LogP contribution is -2.21. The van der Waals surface area contributed by atoms with Gasteiger partial charge in [0.2, 0.25) is 0 Å². The van der Waals surface area contributed by atoms with Gasteiger partial charge in [0.05, 0.1) is 13.0 Å². The van der Waals surface area contributed by atoms with Crippen molar-refractivity contribution in [1.29, 1.82) is 0 Å². The van der Waals surface area contributed by atoms with Crippen LogP contribution in [0.5, 0.6) is 0 Å². The molecule has 3 N–H and O–H groups in total. The maximum absolute atomic E-state index is 10.8. The van der Waals surface area contributed by atoms with E-state index in [9.17, 15) is 9.59 Å². The lowest BCUT2D eigenvalue weighted by molar-refractivity contribution is -0.146. The number of carbonyl (C=O) groups is 2. The van der Waals surface area contributed by atoms with Gasteiger partial charge in [-0.2, -0.15) is 0 Å². The first-order valence-corrected chi connectivity index (χ1v) is 3.90. The number of hydrogen-bond acceptors (Lipinski definition) is 5. The van der Waals surface area contributed by atoms with Gasteiger partial charge in [-0.1, -0.05) is 6.08 Å². The van der Waals surface area contributed by atoms with Gasteiger partial charge >= 0.3 is 11.9 Å². The van der Waals surface area contributed by atoms with Crippen LogP contribution in [0.25, 0.3) is 0 Å². The molecule has 0 bridgehead atoms. The minimum Gasteiger partial charge on any atom is -0.478 e. The normalized spacial score (nSPS) is 12.7. The summed E-state index contributed by atoms with van der Waals surface area (Å²) < 4.78 is 4.48. The average molecular weight is 204 g/mol. The largest absolute Gasteiger partial charge is 0.478 e. The molecule has 0 aromatic carbocycles. The molecule has 0 aliphatic rings. The second-order valence-electron chi connectivity index (χ2n) is 2.46. The highest BCUT2D eigenvalue weighted by atomic mass is 16.5. The van der Waals surface area contributed by atoms with Gasteiger partial charge in [-0.05, 0) is 0 Å². The Balaban J connectivity index is 3.61. The second-order valence-corrected chi connectivity index (χ2v) is 2.46. The monoisotopic (exact) mass is 204 g/mol. The Morgan fingerprint density at radius 3 is 2.57 bits per heavy atom. The molecule has 6 nitrogen and oxygen atoms in total. The molecule has 0 aromatic heterocycles. The number of carbonyl (C=O) groups excluding carboxylic acids is 1. The molecule has 0 radical (unpaired) electrons. The first kappa shape index (κ1) is 12.6. The number of carboxylic acid groups (broad SMARTS) is 1. The molecular formula is C8H12O6. The highest BCUT2D eigenvalue weighted by Crippen LogP contribution is 1.91. The van der Waals surface area contributed by atoms with Crippen LogP contribution in [-0.2, 0) is 14.3 Å². The molecule has 6 heteroatoms. The molecule has 0 aliphatic carbocycles. The van der Waals surface area contributed by atoms with Crippen molar-refractivity contribution < 1.29 is 29.6 Å². The number of hydrogen-bond donors (Lipinski definition) is 3. The Labute approximate surface area is 80.4 Å². The topological polar surface area (TPSA) is 104 Å². The molecule has 0 rings (SSSR count). The number of ether oxygens (including phenoxy) is 1. The maximum Gasteiger partial charge on any atom is 0.327 e. The van der Waals surface area contributed by atoms with Crippen molar-refractivity contribution in [3.05, 3.63) is 12.2 Å². The summed E-state index contributed by atoms with van der Waals surface area (Å²) in [6, 6.07) is 0. The first-order chi connectivity index (χ1) is 6.56. The average Bonchev–Trinajstić information content (AvgIpc) is 2.13. The van der Waals surface area contributed by atoms with Crippen molar-refractivity contribution in [2.45, 2.75) is 12.5 Å². The molecule has 0 aromatic rings. The third-order valence-electron chi connectivity index (χ3n) is 1.19. The van der Waals surface area contributed by atoms with Crippen LogP contribution in [0.1, 0.15) is 6.42 Å². The van der Waals surface area contributed by atoms with Crippen molar-refractivity contribution in [3.63, 3.8) is 0 Å². The predicted molar refractivity (Wildman–Crippen MR) is 45.4 cm³/mol. The minimum absolute atomic E-state index is 0.176. The van der Waals surface area contributed by atoms with Crippen LogP contribution in [0, 0.1) is 0 Å². The number of aliphatic hydroxyl groups excluding tert-OH is 2. The Morgan fingerprint density at radius 2 is 2.07 bits per heavy atom. The number of aliphatic carboxylic acids is 1. The van der Waals surface area contributed by atoms with Gasteiger partial charge in [0.1, 0.15) is 12.7 Å². The van der Waals surface area contributed by atoms with E-state index in [-0.39, 0.29) is 13.0 Å². The molecule has 0 amide bonds. The highest BCUT2D eigenvalue weighted by molar-refractivity contribution is 5.81. The van der Waals surface area contributed by atoms with Crippen LogP contribution in [0.4, 0.5) is 0 Å². The highest BCUT2D eigenvalue weighted by Gasteiger charge is 2.05. The molecule has 1 unspecified atom stereocenters. The van der Waals surface area contributed by atoms with Crippen LogP contribution in [0.3, 0.4) is 0 Å². The molecule has 14 heavy (non-hydrogen) atoms. The standard InChI is InChI=1S/C8H12O6/c9-4-6(10)5-14-8(13)3-1-2-7(11)12/h1-2,6,9-10H,3-5H2,(H,11,12)/b2-1+. The van der Waals surface area contributed by atoms with E-state index in [0.29, 0.717) is 0 Å². The van der Waals surface area contributed by atoms with Crippen molar-refractivity contribution in [1.82, 2.24) is 0 Å². The Bertz CT molecular complexity index is 222. The van der Waals surface area contributed by atoms with Crippen LogP contribution < -0.4 is 0 Å². The summed E-state index contributed by atoms with van der Waals surface area (Å²) in [5.41, 5.74) is 0. The molecule has 0 saturated heterocycles. The van der Waals surface area contributed by atoms with Crippen molar-refractivity contribution in [3.8, 4) is 0 Å². The Kier molecular flexibility index (Phi) is 6.34. The van der Waals surface area contributed by atoms with E-state index in [1.807, 2.05) is 0 Å². The van der Waals surface area contributed by atoms with Crippen molar-refractivity contribution >= 4 is 11.9 Å². The van der Waals surface area contributed by atoms with Crippen LogP contribution in [0.15, 0.2) is 12.2 Å². The molecule has 80 valence electrons. The molecular weight excluding hydrogens is 192 g/mol. The quantitative estimate of drug-likeness (QED) is 0.375. The molecule has 0 fully saturated rings. The SMILES string of the molecule is O=C(O)/C=C/CC(=O)OCC(O)CO. The molecule has 0 spiro atoms. The van der Waals surface area contributed by atoms with E-state index >= 15 is 0 Å². The number of rotatable bonds is 6. The fourth-order valence-electron chi connectivity index (χ4n) is 0.557. The maximum atomic E-state index is 10.8. The van der Waals surface area contributed by atoms with Gasteiger partial charge in [0.15, 0.2) is 0 Å². The summed E-state index contributed by atoms with van der Waals surface area (Å²) in [4.78, 5) is 20.8. The fourth-order valence-corrected chi connectivity index (χ4v) is 0.557. The molecule has 0 aliphatic heterocycles. The molecule has 0 heterocycles. The summed E-state index contributed by atoms with van der Waals surface area (Å²) in [6.45, 7) is -0.783. The molecule has 1 atom stereocenters. The fraction of sp³-hybridized carbons (Fsp3) is 0.500. The second kappa shape index (κ2) is 7.05. The lowest BCUT2D eigenvalue weighted by Gasteiger charge is -2.06. The van der Waals surface area contributed by atoms with Gasteiger partial charge in [-0.3, -0.25) is 4.79 Å². The summed E-state index contributed by atoms with van der Waals surface area (Å²) in [6.07, 6.45) is 0.687. The van der Waals surface area contributed by atoms with Gasteiger partial charge in [0.25, 0.3) is 0 Å². The van der Waals surface area contributed by atoms with E-state index in [1.54, 1.807) is 0 Å². The summed E-state index contributed by atoms with van der Waals surface area (Å²) in [5.74, 6) is -1.80. The van der Waals surface area contributed by atoms with Crippen LogP contribution in [-0.4, -0.2) is 46.6 Å². The number of carboxylic acids is 1. The van der Waals surface area contributed by atoms with E-state index in [0.717, 1.165) is 12.2 Å². The van der Waals surface area contributed by atoms with Gasteiger partial charge in [-0.15, -0.1) is 0 Å². The van der Waals surface area contributed by atoms with Gasteiger partial charge in [-0.25, -0.2) is 4.79 Å². The van der Waals surface area contributed by atoms with Crippen LogP contribution >= 0.6 is 0 Å². The minimum atomic E-state index is -1.15. The third-order valence-corrected chi connectivity index (χ3v) is 1.19. The first-order valence-electron chi connectivity index (χ1n) is 3.90. The Hall–Kier alpha value is -1.40. The number of esters is 1. The van der Waals surface area contributed by atoms with Crippen LogP contribution in [0.2, 0.25) is 0 Å². The molecule has 0 saturated carbocycles. The van der Waals surface area contributed by atoms with Gasteiger partial charge in [0, 0.05) is 6.08 Å². The van der Waals surface area contributed by atoms with E-state index in [2.05, 4.69) is 4.74 Å². The number of aliphatic hydroxyl groups is 2. The van der Waals surface area contributed by atoms with Gasteiger partial charge < -0.3 is 20.1 Å². The zero-order valence-electron chi connectivity index (χ0n) is 7.42. The smallest absolute Gasteiger partial charge is 0.327 e. The van der Waals surface area contributed by atoms with E-state index in [4.69, 9.17) is 15.3 Å². The lowest BCUT2D eigenvalue weighted by atomic mass is 10.3. The zero-order valence-corrected chi connectivity index (χ0v) is 7.42. The summed E-state index contributed by atoms with van der Waals surface area (Å²) in [5, 5.41) is 25.3. The summed E-state index contributed by atoms with van der Waals surface area (Å²) >= 11 is 0. The zero-order chi connectivity index (χ0) is 11.0. The van der Waals surface area contributed by atoms with Crippen molar-refractivity contribution in [2.24, 2.45) is 0 Å². The van der Waals surface area contributed by atoms with E-state index < -0.39 is 24.6 Å².